The van der Waals surface area contributed by atoms with Gasteiger partial charge in [-0.3, -0.25) is 4.79 Å². The van der Waals surface area contributed by atoms with E-state index < -0.39 is 11.9 Å². The summed E-state index contributed by atoms with van der Waals surface area (Å²) in [5.41, 5.74) is 2.34. The topological polar surface area (TPSA) is 105 Å². The third-order valence-corrected chi connectivity index (χ3v) is 5.17. The van der Waals surface area contributed by atoms with Gasteiger partial charge in [0.25, 0.3) is 5.91 Å². The molecular weight excluding hydrogens is 378 g/mol. The van der Waals surface area contributed by atoms with Crippen LogP contribution in [0.4, 0.5) is 5.00 Å². The zero-order chi connectivity index (χ0) is 19.8. The van der Waals surface area contributed by atoms with E-state index >= 15 is 0 Å². The molecule has 0 atom stereocenters. The summed E-state index contributed by atoms with van der Waals surface area (Å²) in [5, 5.41) is 15.1. The molecule has 0 saturated carbocycles. The van der Waals surface area contributed by atoms with Crippen molar-refractivity contribution in [1.29, 1.82) is 0 Å². The first kappa shape index (κ1) is 17.9. The molecule has 1 amide bonds. The predicted octanol–water partition coefficient (Wildman–Crippen LogP) is 4.52. The number of carbonyl (C=O) groups excluding carboxylic acids is 1. The van der Waals surface area contributed by atoms with Crippen LogP contribution < -0.4 is 5.32 Å². The van der Waals surface area contributed by atoms with Gasteiger partial charge in [-0.1, -0.05) is 18.2 Å². The Morgan fingerprint density at radius 1 is 1.18 bits per heavy atom. The predicted molar refractivity (Wildman–Crippen MR) is 106 cm³/mol. The van der Waals surface area contributed by atoms with Gasteiger partial charge in [-0.05, 0) is 26.0 Å². The Morgan fingerprint density at radius 2 is 1.96 bits per heavy atom. The second-order valence-corrected chi connectivity index (χ2v) is 7.06. The van der Waals surface area contributed by atoms with Crippen molar-refractivity contribution in [3.63, 3.8) is 0 Å². The number of carboxylic acid groups (broad SMARTS) is 1. The second-order valence-electron chi connectivity index (χ2n) is 6.18. The minimum absolute atomic E-state index is 0.00464. The highest BCUT2D eigenvalue weighted by atomic mass is 32.1. The normalized spacial score (nSPS) is 10.9. The third kappa shape index (κ3) is 3.14. The number of furan rings is 1. The summed E-state index contributed by atoms with van der Waals surface area (Å²) < 4.78 is 5.55. The molecule has 7 nitrogen and oxygen atoms in total. The van der Waals surface area contributed by atoms with Crippen molar-refractivity contribution in [1.82, 2.24) is 9.97 Å². The molecule has 1 aromatic carbocycles. The molecule has 0 aliphatic heterocycles. The fourth-order valence-electron chi connectivity index (χ4n) is 2.97. The largest absolute Gasteiger partial charge is 0.478 e. The van der Waals surface area contributed by atoms with Gasteiger partial charge in [0.1, 0.15) is 22.0 Å². The molecule has 0 saturated heterocycles. The zero-order valence-electron chi connectivity index (χ0n) is 15.0. The number of benzene rings is 1. The quantitative estimate of drug-likeness (QED) is 0.528. The van der Waals surface area contributed by atoms with Crippen LogP contribution in [0, 0.1) is 13.8 Å². The van der Waals surface area contributed by atoms with Gasteiger partial charge in [-0.2, -0.15) is 0 Å². The van der Waals surface area contributed by atoms with E-state index in [1.165, 1.54) is 0 Å². The van der Waals surface area contributed by atoms with Crippen molar-refractivity contribution in [2.24, 2.45) is 0 Å². The first-order valence-corrected chi connectivity index (χ1v) is 9.27. The van der Waals surface area contributed by atoms with Gasteiger partial charge >= 0.3 is 5.97 Å². The molecule has 0 spiro atoms. The molecule has 4 rings (SSSR count). The van der Waals surface area contributed by atoms with E-state index in [1.54, 1.807) is 37.6 Å². The standard InChI is InChI=1S/C20H15N3O4S/c1-10-13(8-21-11(2)22-10)14-9-28-19(17(14)20(25)26)23-18(24)16-7-12-5-3-4-6-15(12)27-16/h3-9H,1-2H3,(H,23,24)(H,25,26). The Morgan fingerprint density at radius 3 is 2.68 bits per heavy atom. The number of nitrogens with zero attached hydrogens (tertiary/aromatic N) is 2. The number of amides is 1. The van der Waals surface area contributed by atoms with E-state index in [1.807, 2.05) is 18.2 Å². The number of aryl methyl sites for hydroxylation is 2. The van der Waals surface area contributed by atoms with Gasteiger partial charge in [0.2, 0.25) is 0 Å². The number of carbonyl (C=O) groups is 2. The molecule has 2 N–H and O–H groups in total. The average Bonchev–Trinajstić information content (AvgIpc) is 3.26. The van der Waals surface area contributed by atoms with E-state index in [9.17, 15) is 14.7 Å². The second kappa shape index (κ2) is 6.90. The SMILES string of the molecule is Cc1ncc(-c2csc(NC(=O)c3cc4ccccc4o3)c2C(=O)O)c(C)n1. The molecule has 0 bridgehead atoms. The first-order chi connectivity index (χ1) is 13.4. The molecule has 0 aliphatic rings. The van der Waals surface area contributed by atoms with Crippen molar-refractivity contribution in [3.8, 4) is 11.1 Å². The Labute approximate surface area is 163 Å². The number of anilines is 1. The smallest absolute Gasteiger partial charge is 0.339 e. The van der Waals surface area contributed by atoms with E-state index in [2.05, 4.69) is 15.3 Å². The average molecular weight is 393 g/mol. The molecule has 3 aromatic heterocycles. The van der Waals surface area contributed by atoms with E-state index in [0.717, 1.165) is 16.7 Å². The number of fused-ring (bicyclic) bond motifs is 1. The van der Waals surface area contributed by atoms with Gasteiger partial charge in [-0.15, -0.1) is 11.3 Å². The minimum atomic E-state index is -1.14. The molecule has 0 unspecified atom stereocenters. The number of aromatic carboxylic acids is 1. The Hall–Kier alpha value is -3.52. The summed E-state index contributed by atoms with van der Waals surface area (Å²) in [6.07, 6.45) is 1.59. The summed E-state index contributed by atoms with van der Waals surface area (Å²) in [6, 6.07) is 8.88. The number of nitrogens with one attached hydrogen (secondary N) is 1. The first-order valence-electron chi connectivity index (χ1n) is 8.39. The van der Waals surface area contributed by atoms with Gasteiger partial charge < -0.3 is 14.8 Å². The molecule has 4 aromatic rings. The Bertz CT molecular complexity index is 1190. The van der Waals surface area contributed by atoms with Gasteiger partial charge in [0.15, 0.2) is 5.76 Å². The minimum Gasteiger partial charge on any atom is -0.478 e. The maximum absolute atomic E-state index is 12.6. The van der Waals surface area contributed by atoms with Crippen LogP contribution >= 0.6 is 11.3 Å². The number of rotatable bonds is 4. The molecular formula is C20H15N3O4S. The zero-order valence-corrected chi connectivity index (χ0v) is 15.8. The summed E-state index contributed by atoms with van der Waals surface area (Å²) in [4.78, 5) is 33.0. The van der Waals surface area contributed by atoms with Gasteiger partial charge in [0.05, 0.1) is 0 Å². The maximum Gasteiger partial charge on any atom is 0.339 e. The summed E-state index contributed by atoms with van der Waals surface area (Å²) in [6.45, 7) is 3.56. The number of hydrogen-bond acceptors (Lipinski definition) is 6. The lowest BCUT2D eigenvalue weighted by molar-refractivity contribution is 0.0699. The fraction of sp³-hybridized carbons (Fsp3) is 0.100. The van der Waals surface area contributed by atoms with Crippen LogP contribution in [0.3, 0.4) is 0 Å². The van der Waals surface area contributed by atoms with Crippen LogP contribution in [0.2, 0.25) is 0 Å². The van der Waals surface area contributed by atoms with E-state index in [4.69, 9.17) is 4.42 Å². The van der Waals surface area contributed by atoms with E-state index in [-0.39, 0.29) is 16.3 Å². The lowest BCUT2D eigenvalue weighted by atomic mass is 10.0. The molecule has 0 radical (unpaired) electrons. The van der Waals surface area contributed by atoms with Crippen molar-refractivity contribution in [3.05, 3.63) is 64.8 Å². The molecule has 0 aliphatic carbocycles. The summed E-state index contributed by atoms with van der Waals surface area (Å²) >= 11 is 1.13. The highest BCUT2D eigenvalue weighted by Crippen LogP contribution is 2.36. The summed E-state index contributed by atoms with van der Waals surface area (Å²) in [7, 11) is 0. The highest BCUT2D eigenvalue weighted by Gasteiger charge is 2.24. The molecule has 8 heteroatoms. The van der Waals surface area contributed by atoms with Crippen LogP contribution in [0.15, 0.2) is 46.3 Å². The molecule has 140 valence electrons. The monoisotopic (exact) mass is 393 g/mol. The van der Waals surface area contributed by atoms with Crippen LogP contribution in [0.25, 0.3) is 22.1 Å². The Balaban J connectivity index is 1.71. The number of aromatic nitrogens is 2. The van der Waals surface area contributed by atoms with Crippen LogP contribution in [-0.4, -0.2) is 27.0 Å². The van der Waals surface area contributed by atoms with Gasteiger partial charge in [0, 0.05) is 33.8 Å². The molecule has 3 heterocycles. The fourth-order valence-corrected chi connectivity index (χ4v) is 3.91. The van der Waals surface area contributed by atoms with Crippen molar-refractivity contribution in [2.75, 3.05) is 5.32 Å². The summed E-state index contributed by atoms with van der Waals surface area (Å²) in [5.74, 6) is -0.936. The Kier molecular flexibility index (Phi) is 4.40. The number of para-hydroxylation sites is 1. The number of carboxylic acids is 1. The van der Waals surface area contributed by atoms with E-state index in [0.29, 0.717) is 28.2 Å². The molecule has 0 fully saturated rings. The lowest BCUT2D eigenvalue weighted by Crippen LogP contribution is -2.13. The van der Waals surface area contributed by atoms with Crippen LogP contribution in [0.5, 0.6) is 0 Å². The van der Waals surface area contributed by atoms with Crippen molar-refractivity contribution < 1.29 is 19.1 Å². The van der Waals surface area contributed by atoms with Crippen LogP contribution in [-0.2, 0) is 0 Å². The number of thiophene rings is 1. The number of hydrogen-bond donors (Lipinski definition) is 2. The lowest BCUT2D eigenvalue weighted by Gasteiger charge is -2.07. The van der Waals surface area contributed by atoms with Crippen LogP contribution in [0.1, 0.15) is 32.4 Å². The highest BCUT2D eigenvalue weighted by molar-refractivity contribution is 7.15. The maximum atomic E-state index is 12.6. The molecule has 28 heavy (non-hydrogen) atoms. The third-order valence-electron chi connectivity index (χ3n) is 4.27. The van der Waals surface area contributed by atoms with Gasteiger partial charge in [-0.25, -0.2) is 14.8 Å². The van der Waals surface area contributed by atoms with Crippen molar-refractivity contribution in [2.45, 2.75) is 13.8 Å². The van der Waals surface area contributed by atoms with Crippen molar-refractivity contribution >= 4 is 39.2 Å².